The first-order valence-corrected chi connectivity index (χ1v) is 5.35. The Morgan fingerprint density at radius 3 is 2.65 bits per heavy atom. The Balaban J connectivity index is 2.29. The Morgan fingerprint density at radius 2 is 2.10 bits per heavy atom. The Labute approximate surface area is 110 Å². The third-order valence-electron chi connectivity index (χ3n) is 2.39. The van der Waals surface area contributed by atoms with Gasteiger partial charge >= 0.3 is 12.1 Å². The van der Waals surface area contributed by atoms with Gasteiger partial charge in [0, 0.05) is 6.07 Å². The minimum atomic E-state index is -4.72. The molecule has 1 aromatic heterocycles. The lowest BCUT2D eigenvalue weighted by Crippen LogP contribution is -2.10. The van der Waals surface area contributed by atoms with Crippen molar-refractivity contribution in [1.29, 1.82) is 0 Å². The van der Waals surface area contributed by atoms with Gasteiger partial charge in [0.05, 0.1) is 17.3 Å². The lowest BCUT2D eigenvalue weighted by molar-refractivity contribution is -0.139. The van der Waals surface area contributed by atoms with Gasteiger partial charge in [0.1, 0.15) is 12.4 Å². The molecule has 2 rings (SSSR count). The molecule has 5 nitrogen and oxygen atoms in total. The topological polar surface area (TPSA) is 72.6 Å². The molecule has 0 aliphatic heterocycles. The second-order valence-electron chi connectivity index (χ2n) is 3.78. The predicted molar refractivity (Wildman–Crippen MR) is 59.2 cm³/mol. The minimum Gasteiger partial charge on any atom is -0.485 e. The van der Waals surface area contributed by atoms with Crippen molar-refractivity contribution in [3.63, 3.8) is 0 Å². The van der Waals surface area contributed by atoms with E-state index in [1.807, 2.05) is 0 Å². The smallest absolute Gasteiger partial charge is 0.419 e. The van der Waals surface area contributed by atoms with E-state index in [0.717, 1.165) is 12.1 Å². The lowest BCUT2D eigenvalue weighted by atomic mass is 10.1. The number of carbonyl (C=O) groups is 1. The van der Waals surface area contributed by atoms with Crippen LogP contribution in [0.1, 0.15) is 21.7 Å². The van der Waals surface area contributed by atoms with Crippen molar-refractivity contribution in [1.82, 2.24) is 5.16 Å². The van der Waals surface area contributed by atoms with Crippen LogP contribution in [0.4, 0.5) is 13.2 Å². The van der Waals surface area contributed by atoms with E-state index in [0.29, 0.717) is 6.07 Å². The van der Waals surface area contributed by atoms with E-state index in [-0.39, 0.29) is 12.4 Å². The predicted octanol–water partition coefficient (Wildman–Crippen LogP) is 2.97. The number of benzene rings is 1. The van der Waals surface area contributed by atoms with E-state index >= 15 is 0 Å². The summed E-state index contributed by atoms with van der Waals surface area (Å²) in [6.07, 6.45) is -3.39. The van der Waals surface area contributed by atoms with Crippen LogP contribution in [0.5, 0.6) is 5.75 Å². The van der Waals surface area contributed by atoms with Crippen LogP contribution in [0.3, 0.4) is 0 Å². The molecule has 0 saturated carbocycles. The summed E-state index contributed by atoms with van der Waals surface area (Å²) in [5.41, 5.74) is -1.62. The summed E-state index contributed by atoms with van der Waals surface area (Å²) in [5, 5.41) is 12.1. The SMILES string of the molecule is O=C(O)c1ccc(OCc2ccno2)c(C(F)(F)F)c1. The number of carboxylic acids is 1. The molecule has 1 aromatic carbocycles. The lowest BCUT2D eigenvalue weighted by Gasteiger charge is -2.13. The number of rotatable bonds is 4. The summed E-state index contributed by atoms with van der Waals surface area (Å²) in [4.78, 5) is 10.7. The van der Waals surface area contributed by atoms with E-state index in [2.05, 4.69) is 5.16 Å². The van der Waals surface area contributed by atoms with E-state index in [1.165, 1.54) is 12.3 Å². The van der Waals surface area contributed by atoms with Gasteiger partial charge in [-0.15, -0.1) is 0 Å². The minimum absolute atomic E-state index is 0.241. The molecule has 20 heavy (non-hydrogen) atoms. The third-order valence-corrected chi connectivity index (χ3v) is 2.39. The fraction of sp³-hybridized carbons (Fsp3) is 0.167. The van der Waals surface area contributed by atoms with Crippen molar-refractivity contribution in [3.8, 4) is 5.75 Å². The number of hydrogen-bond donors (Lipinski definition) is 1. The zero-order valence-electron chi connectivity index (χ0n) is 9.85. The summed E-state index contributed by atoms with van der Waals surface area (Å²) in [6.45, 7) is -0.241. The standard InChI is InChI=1S/C12H8F3NO4/c13-12(14,15)9-5-7(11(17)18)1-2-10(9)19-6-8-3-4-16-20-8/h1-5H,6H2,(H,17,18). The van der Waals surface area contributed by atoms with Gasteiger partial charge in [-0.3, -0.25) is 0 Å². The molecular weight excluding hydrogens is 279 g/mol. The third kappa shape index (κ3) is 3.08. The van der Waals surface area contributed by atoms with Gasteiger partial charge in [0.2, 0.25) is 0 Å². The average molecular weight is 287 g/mol. The van der Waals surface area contributed by atoms with Crippen LogP contribution in [0.25, 0.3) is 0 Å². The first-order chi connectivity index (χ1) is 9.38. The Morgan fingerprint density at radius 1 is 1.35 bits per heavy atom. The average Bonchev–Trinajstić information content (AvgIpc) is 2.88. The molecular formula is C12H8F3NO4. The molecule has 0 aliphatic rings. The number of nitrogens with zero attached hydrogens (tertiary/aromatic N) is 1. The maximum Gasteiger partial charge on any atom is 0.419 e. The summed E-state index contributed by atoms with van der Waals surface area (Å²) in [7, 11) is 0. The molecule has 106 valence electrons. The fourth-order valence-electron chi connectivity index (χ4n) is 1.48. The Hall–Kier alpha value is -2.51. The molecule has 1 N–H and O–H groups in total. The molecule has 1 heterocycles. The maximum atomic E-state index is 12.8. The van der Waals surface area contributed by atoms with Crippen LogP contribution in [0, 0.1) is 0 Å². The van der Waals surface area contributed by atoms with Crippen LogP contribution >= 0.6 is 0 Å². The second-order valence-corrected chi connectivity index (χ2v) is 3.78. The molecule has 2 aromatic rings. The van der Waals surface area contributed by atoms with Gasteiger partial charge in [0.25, 0.3) is 0 Å². The fourth-order valence-corrected chi connectivity index (χ4v) is 1.48. The number of alkyl halides is 3. The molecule has 0 spiro atoms. The van der Waals surface area contributed by atoms with Crippen molar-refractivity contribution in [3.05, 3.63) is 47.3 Å². The van der Waals surface area contributed by atoms with Crippen LogP contribution in [0.2, 0.25) is 0 Å². The van der Waals surface area contributed by atoms with Crippen LogP contribution < -0.4 is 4.74 Å². The van der Waals surface area contributed by atoms with E-state index in [1.54, 1.807) is 0 Å². The Bertz CT molecular complexity index is 608. The van der Waals surface area contributed by atoms with Gasteiger partial charge in [-0.2, -0.15) is 13.2 Å². The summed E-state index contributed by atoms with van der Waals surface area (Å²) in [5.74, 6) is -1.67. The highest BCUT2D eigenvalue weighted by Crippen LogP contribution is 2.37. The highest BCUT2D eigenvalue weighted by Gasteiger charge is 2.35. The number of aromatic carboxylic acids is 1. The highest BCUT2D eigenvalue weighted by atomic mass is 19.4. The van der Waals surface area contributed by atoms with E-state index in [4.69, 9.17) is 14.4 Å². The molecule has 0 fully saturated rings. The summed E-state index contributed by atoms with van der Waals surface area (Å²) >= 11 is 0. The normalized spacial score (nSPS) is 11.3. The highest BCUT2D eigenvalue weighted by molar-refractivity contribution is 5.88. The van der Waals surface area contributed by atoms with Gasteiger partial charge in [-0.05, 0) is 18.2 Å². The second kappa shape index (κ2) is 5.24. The van der Waals surface area contributed by atoms with Crippen molar-refractivity contribution in [2.45, 2.75) is 12.8 Å². The Kier molecular flexibility index (Phi) is 3.64. The van der Waals surface area contributed by atoms with Crippen LogP contribution in [-0.2, 0) is 12.8 Å². The zero-order valence-corrected chi connectivity index (χ0v) is 9.85. The number of ether oxygens (including phenoxy) is 1. The van der Waals surface area contributed by atoms with Gasteiger partial charge in [-0.25, -0.2) is 4.79 Å². The zero-order chi connectivity index (χ0) is 14.8. The van der Waals surface area contributed by atoms with E-state index in [9.17, 15) is 18.0 Å². The van der Waals surface area contributed by atoms with Gasteiger partial charge in [-0.1, -0.05) is 5.16 Å². The molecule has 8 heteroatoms. The largest absolute Gasteiger partial charge is 0.485 e. The van der Waals surface area contributed by atoms with E-state index < -0.39 is 29.0 Å². The quantitative estimate of drug-likeness (QED) is 0.935. The maximum absolute atomic E-state index is 12.8. The molecule has 0 atom stereocenters. The van der Waals surface area contributed by atoms with Crippen LogP contribution in [0.15, 0.2) is 35.0 Å². The van der Waals surface area contributed by atoms with Crippen LogP contribution in [-0.4, -0.2) is 16.2 Å². The molecule has 0 aliphatic carbocycles. The summed E-state index contributed by atoms with van der Waals surface area (Å²) in [6, 6.07) is 3.97. The number of halogens is 3. The number of aromatic nitrogens is 1. The first-order valence-electron chi connectivity index (χ1n) is 5.35. The summed E-state index contributed by atoms with van der Waals surface area (Å²) < 4.78 is 48.2. The molecule has 0 radical (unpaired) electrons. The van der Waals surface area contributed by atoms with Gasteiger partial charge < -0.3 is 14.4 Å². The van der Waals surface area contributed by atoms with Crippen molar-refractivity contribution in [2.75, 3.05) is 0 Å². The molecule has 0 bridgehead atoms. The van der Waals surface area contributed by atoms with Crippen molar-refractivity contribution < 1.29 is 32.3 Å². The molecule has 0 amide bonds. The number of hydrogen-bond acceptors (Lipinski definition) is 4. The van der Waals surface area contributed by atoms with Gasteiger partial charge in [0.15, 0.2) is 5.76 Å². The van der Waals surface area contributed by atoms with Crippen molar-refractivity contribution in [2.24, 2.45) is 0 Å². The molecule has 0 saturated heterocycles. The number of carboxylic acid groups (broad SMARTS) is 1. The first kappa shape index (κ1) is 13.9. The monoisotopic (exact) mass is 287 g/mol. The van der Waals surface area contributed by atoms with Crippen molar-refractivity contribution >= 4 is 5.97 Å². The molecule has 0 unspecified atom stereocenters.